The van der Waals surface area contributed by atoms with Gasteiger partial charge in [0.25, 0.3) is 0 Å². The lowest BCUT2D eigenvalue weighted by atomic mass is 10.0. The fourth-order valence-corrected chi connectivity index (χ4v) is 4.07. The number of benzene rings is 2. The van der Waals surface area contributed by atoms with Crippen molar-refractivity contribution in [3.8, 4) is 0 Å². The van der Waals surface area contributed by atoms with Gasteiger partial charge in [-0.05, 0) is 48.7 Å². The van der Waals surface area contributed by atoms with E-state index >= 15 is 0 Å². The Morgan fingerprint density at radius 1 is 1.04 bits per heavy atom. The monoisotopic (exact) mass is 368 g/mol. The summed E-state index contributed by atoms with van der Waals surface area (Å²) in [7, 11) is 0. The summed E-state index contributed by atoms with van der Waals surface area (Å²) in [6.07, 6.45) is 2.30. The average molecular weight is 369 g/mol. The van der Waals surface area contributed by atoms with E-state index in [9.17, 15) is 9.59 Å². The standard InChI is InChI=1S/C21H21ClN2O2/c22-17-7-5-15(6-8-17)20(25)14-23-11-9-18(10-12-23)24-19-4-2-1-3-16(19)13-21(24)26/h1-8,18H,9-14H2. The molecule has 2 aliphatic rings. The molecule has 0 unspecified atom stereocenters. The molecule has 2 aliphatic heterocycles. The number of amides is 1. The summed E-state index contributed by atoms with van der Waals surface area (Å²) in [5, 5.41) is 0.637. The molecular weight excluding hydrogens is 348 g/mol. The first-order valence-corrected chi connectivity index (χ1v) is 9.41. The van der Waals surface area contributed by atoms with Crippen molar-refractivity contribution in [3.63, 3.8) is 0 Å². The Hall–Kier alpha value is -2.17. The van der Waals surface area contributed by atoms with Crippen molar-refractivity contribution in [1.82, 2.24) is 4.90 Å². The Balaban J connectivity index is 1.37. The molecule has 0 spiro atoms. The van der Waals surface area contributed by atoms with Crippen LogP contribution >= 0.6 is 11.6 Å². The fraction of sp³-hybridized carbons (Fsp3) is 0.333. The lowest BCUT2D eigenvalue weighted by Gasteiger charge is -2.36. The minimum absolute atomic E-state index is 0.114. The summed E-state index contributed by atoms with van der Waals surface area (Å²) >= 11 is 5.88. The average Bonchev–Trinajstić information content (AvgIpc) is 2.99. The van der Waals surface area contributed by atoms with Crippen LogP contribution in [0.1, 0.15) is 28.8 Å². The van der Waals surface area contributed by atoms with E-state index in [0.717, 1.165) is 37.2 Å². The van der Waals surface area contributed by atoms with E-state index in [1.165, 1.54) is 0 Å². The number of ketones is 1. The highest BCUT2D eigenvalue weighted by atomic mass is 35.5. The quantitative estimate of drug-likeness (QED) is 0.774. The second kappa shape index (κ2) is 7.22. The van der Waals surface area contributed by atoms with Crippen molar-refractivity contribution < 1.29 is 9.59 Å². The van der Waals surface area contributed by atoms with Gasteiger partial charge in [0, 0.05) is 35.4 Å². The summed E-state index contributed by atoms with van der Waals surface area (Å²) in [5.74, 6) is 0.310. The molecule has 0 saturated carbocycles. The van der Waals surface area contributed by atoms with E-state index in [1.807, 2.05) is 29.2 Å². The molecule has 1 amide bonds. The van der Waals surface area contributed by atoms with Crippen LogP contribution < -0.4 is 4.90 Å². The van der Waals surface area contributed by atoms with E-state index in [-0.39, 0.29) is 17.7 Å². The maximum atomic E-state index is 12.4. The Bertz CT molecular complexity index is 826. The lowest BCUT2D eigenvalue weighted by molar-refractivity contribution is -0.118. The topological polar surface area (TPSA) is 40.6 Å². The molecule has 1 fully saturated rings. The molecule has 0 N–H and O–H groups in total. The third kappa shape index (κ3) is 3.39. The zero-order valence-corrected chi connectivity index (χ0v) is 15.3. The van der Waals surface area contributed by atoms with Crippen molar-refractivity contribution in [2.24, 2.45) is 0 Å². The number of hydrogen-bond acceptors (Lipinski definition) is 3. The second-order valence-electron chi connectivity index (χ2n) is 7.01. The third-order valence-electron chi connectivity index (χ3n) is 5.32. The van der Waals surface area contributed by atoms with Gasteiger partial charge in [-0.25, -0.2) is 0 Å². The summed E-state index contributed by atoms with van der Waals surface area (Å²) < 4.78 is 0. The highest BCUT2D eigenvalue weighted by Crippen LogP contribution is 2.33. The van der Waals surface area contributed by atoms with Crippen LogP contribution in [0.2, 0.25) is 5.02 Å². The van der Waals surface area contributed by atoms with Gasteiger partial charge >= 0.3 is 0 Å². The molecule has 0 aromatic heterocycles. The second-order valence-corrected chi connectivity index (χ2v) is 7.44. The summed E-state index contributed by atoms with van der Waals surface area (Å²) in [4.78, 5) is 29.0. The minimum atomic E-state index is 0.114. The minimum Gasteiger partial charge on any atom is -0.309 e. The molecule has 2 heterocycles. The predicted octanol–water partition coefficient (Wildman–Crippen LogP) is 3.58. The number of nitrogens with zero attached hydrogens (tertiary/aromatic N) is 2. The molecule has 26 heavy (non-hydrogen) atoms. The van der Waals surface area contributed by atoms with Crippen molar-refractivity contribution in [2.45, 2.75) is 25.3 Å². The molecule has 0 atom stereocenters. The fourth-order valence-electron chi connectivity index (χ4n) is 3.94. The Morgan fingerprint density at radius 2 is 1.73 bits per heavy atom. The first-order chi connectivity index (χ1) is 12.6. The molecule has 4 nitrogen and oxygen atoms in total. The number of rotatable bonds is 4. The molecule has 0 radical (unpaired) electrons. The number of Topliss-reactive ketones (excluding diaryl/α,β-unsaturated/α-hetero) is 1. The number of carbonyl (C=O) groups excluding carboxylic acids is 2. The maximum absolute atomic E-state index is 12.4. The summed E-state index contributed by atoms with van der Waals surface area (Å²) in [6.45, 7) is 2.07. The van der Waals surface area contributed by atoms with Gasteiger partial charge in [-0.1, -0.05) is 29.8 Å². The van der Waals surface area contributed by atoms with Gasteiger partial charge in [-0.3, -0.25) is 14.5 Å². The summed E-state index contributed by atoms with van der Waals surface area (Å²) in [6, 6.07) is 15.3. The number of likely N-dealkylation sites (tertiary alicyclic amines) is 1. The van der Waals surface area contributed by atoms with Crippen molar-refractivity contribution >= 4 is 29.0 Å². The van der Waals surface area contributed by atoms with E-state index in [4.69, 9.17) is 11.6 Å². The van der Waals surface area contributed by atoms with Crippen LogP contribution in [0.25, 0.3) is 0 Å². The van der Waals surface area contributed by atoms with Crippen molar-refractivity contribution in [1.29, 1.82) is 0 Å². The molecule has 0 bridgehead atoms. The summed E-state index contributed by atoms with van der Waals surface area (Å²) in [5.41, 5.74) is 2.88. The Morgan fingerprint density at radius 3 is 2.46 bits per heavy atom. The maximum Gasteiger partial charge on any atom is 0.231 e. The molecule has 2 aromatic carbocycles. The number of para-hydroxylation sites is 1. The number of piperidine rings is 1. The van der Waals surface area contributed by atoms with Crippen LogP contribution in [-0.2, 0) is 11.2 Å². The van der Waals surface area contributed by atoms with Gasteiger partial charge in [0.1, 0.15) is 0 Å². The normalized spacial score (nSPS) is 18.2. The molecule has 134 valence electrons. The van der Waals surface area contributed by atoms with Crippen LogP contribution in [0.5, 0.6) is 0 Å². The van der Waals surface area contributed by atoms with E-state index in [1.54, 1.807) is 24.3 Å². The van der Waals surface area contributed by atoms with Crippen LogP contribution in [0.15, 0.2) is 48.5 Å². The van der Waals surface area contributed by atoms with Crippen LogP contribution in [-0.4, -0.2) is 42.3 Å². The van der Waals surface area contributed by atoms with Gasteiger partial charge in [0.15, 0.2) is 5.78 Å². The van der Waals surface area contributed by atoms with Crippen LogP contribution in [0, 0.1) is 0 Å². The van der Waals surface area contributed by atoms with E-state index < -0.39 is 0 Å². The Labute approximate surface area is 158 Å². The van der Waals surface area contributed by atoms with Crippen molar-refractivity contribution in [3.05, 3.63) is 64.7 Å². The van der Waals surface area contributed by atoms with Gasteiger partial charge in [0.2, 0.25) is 5.91 Å². The lowest BCUT2D eigenvalue weighted by Crippen LogP contribution is -2.47. The third-order valence-corrected chi connectivity index (χ3v) is 5.57. The molecule has 2 aromatic rings. The largest absolute Gasteiger partial charge is 0.309 e. The molecule has 0 aliphatic carbocycles. The molecule has 4 rings (SSSR count). The molecular formula is C21H21ClN2O2. The number of hydrogen-bond donors (Lipinski definition) is 0. The zero-order valence-electron chi connectivity index (χ0n) is 14.5. The molecule has 1 saturated heterocycles. The zero-order chi connectivity index (χ0) is 18.1. The van der Waals surface area contributed by atoms with E-state index in [2.05, 4.69) is 4.90 Å². The van der Waals surface area contributed by atoms with Gasteiger partial charge in [-0.2, -0.15) is 0 Å². The smallest absolute Gasteiger partial charge is 0.231 e. The highest BCUT2D eigenvalue weighted by Gasteiger charge is 2.34. The van der Waals surface area contributed by atoms with Crippen LogP contribution in [0.3, 0.4) is 0 Å². The number of fused-ring (bicyclic) bond motifs is 1. The van der Waals surface area contributed by atoms with E-state index in [0.29, 0.717) is 23.6 Å². The predicted molar refractivity (Wildman–Crippen MR) is 103 cm³/mol. The number of anilines is 1. The first kappa shape index (κ1) is 17.3. The van der Waals surface area contributed by atoms with Crippen LogP contribution in [0.4, 0.5) is 5.69 Å². The Kier molecular flexibility index (Phi) is 4.79. The highest BCUT2D eigenvalue weighted by molar-refractivity contribution is 6.30. The van der Waals surface area contributed by atoms with Gasteiger partial charge in [-0.15, -0.1) is 0 Å². The van der Waals surface area contributed by atoms with Crippen molar-refractivity contribution in [2.75, 3.05) is 24.5 Å². The number of carbonyl (C=O) groups is 2. The van der Waals surface area contributed by atoms with Gasteiger partial charge in [0.05, 0.1) is 13.0 Å². The van der Waals surface area contributed by atoms with Gasteiger partial charge < -0.3 is 4.90 Å². The number of halogens is 1. The first-order valence-electron chi connectivity index (χ1n) is 9.03. The molecule has 5 heteroatoms. The SMILES string of the molecule is O=C(CN1CCC(N2C(=O)Cc3ccccc32)CC1)c1ccc(Cl)cc1.